The third-order valence-electron chi connectivity index (χ3n) is 4.01. The van der Waals surface area contributed by atoms with Crippen LogP contribution in [-0.4, -0.2) is 58.9 Å². The monoisotopic (exact) mass is 447 g/mol. The number of ether oxygens (including phenoxy) is 4. The molecule has 30 heavy (non-hydrogen) atoms. The van der Waals surface area contributed by atoms with Crippen LogP contribution in [0.25, 0.3) is 0 Å². The molecular formula is C19H29NO9S. The van der Waals surface area contributed by atoms with Gasteiger partial charge in [-0.15, -0.1) is 0 Å². The van der Waals surface area contributed by atoms with Crippen LogP contribution in [0.5, 0.6) is 0 Å². The molecule has 1 saturated heterocycles. The van der Waals surface area contributed by atoms with Crippen LogP contribution in [0.3, 0.4) is 0 Å². The van der Waals surface area contributed by atoms with E-state index in [0.29, 0.717) is 6.42 Å². The summed E-state index contributed by atoms with van der Waals surface area (Å²) in [7, 11) is 0. The van der Waals surface area contributed by atoms with Crippen LogP contribution in [0, 0.1) is 0 Å². The predicted octanol–water partition coefficient (Wildman–Crippen LogP) is 1.44. The Labute approximate surface area is 179 Å². The van der Waals surface area contributed by atoms with Crippen molar-refractivity contribution in [3.8, 4) is 0 Å². The molecule has 1 aliphatic rings. The van der Waals surface area contributed by atoms with Crippen molar-refractivity contribution in [1.29, 1.82) is 0 Å². The van der Waals surface area contributed by atoms with Gasteiger partial charge in [0.1, 0.15) is 6.04 Å². The molecule has 170 valence electrons. The molecule has 1 heterocycles. The molecule has 10 nitrogen and oxygen atoms in total. The second kappa shape index (κ2) is 12.4. The largest absolute Gasteiger partial charge is 0.456 e. The highest BCUT2D eigenvalue weighted by Crippen LogP contribution is 2.37. The van der Waals surface area contributed by atoms with E-state index in [-0.39, 0.29) is 12.3 Å². The third-order valence-corrected chi connectivity index (χ3v) is 5.30. The summed E-state index contributed by atoms with van der Waals surface area (Å²) < 4.78 is 21.1. The SMILES string of the molecule is CCCCCC(=O)N[C@H]1C(OC(C)=O)S[C@H](OC(C)=O)[C@@H](OC(C)=O)[C@@H]1OC(C)=O. The van der Waals surface area contributed by atoms with Crippen LogP contribution < -0.4 is 5.32 Å². The van der Waals surface area contributed by atoms with Gasteiger partial charge in [-0.25, -0.2) is 0 Å². The molecule has 11 heteroatoms. The van der Waals surface area contributed by atoms with E-state index in [1.54, 1.807) is 0 Å². The molecule has 0 radical (unpaired) electrons. The second-order valence-electron chi connectivity index (χ2n) is 6.79. The molecule has 1 amide bonds. The van der Waals surface area contributed by atoms with Crippen molar-refractivity contribution in [2.75, 3.05) is 0 Å². The van der Waals surface area contributed by atoms with Crippen molar-refractivity contribution in [2.24, 2.45) is 0 Å². The van der Waals surface area contributed by atoms with Gasteiger partial charge < -0.3 is 24.3 Å². The quantitative estimate of drug-likeness (QED) is 0.314. The van der Waals surface area contributed by atoms with Crippen molar-refractivity contribution < 1.29 is 42.9 Å². The molecule has 0 spiro atoms. The second-order valence-corrected chi connectivity index (χ2v) is 7.99. The minimum atomic E-state index is -1.24. The average molecular weight is 448 g/mol. The van der Waals surface area contributed by atoms with Gasteiger partial charge in [-0.3, -0.25) is 24.0 Å². The zero-order chi connectivity index (χ0) is 22.8. The summed E-state index contributed by atoms with van der Waals surface area (Å²) in [6, 6.07) is -1.02. The number of unbranched alkanes of at least 4 members (excludes halogenated alkanes) is 2. The number of thioether (sulfide) groups is 1. The Balaban J connectivity index is 3.25. The lowest BCUT2D eigenvalue weighted by molar-refractivity contribution is -0.184. The zero-order valence-electron chi connectivity index (χ0n) is 17.8. The molecule has 1 rings (SSSR count). The van der Waals surface area contributed by atoms with Gasteiger partial charge in [0.05, 0.1) is 0 Å². The fourth-order valence-corrected chi connectivity index (χ4v) is 4.33. The fourth-order valence-electron chi connectivity index (χ4n) is 2.92. The normalized spacial score (nSPS) is 25.6. The van der Waals surface area contributed by atoms with Gasteiger partial charge in [-0.1, -0.05) is 31.5 Å². The molecule has 1 unspecified atom stereocenters. The number of carbonyl (C=O) groups is 5. The lowest BCUT2D eigenvalue weighted by Crippen LogP contribution is -2.63. The molecule has 1 fully saturated rings. The van der Waals surface area contributed by atoms with Gasteiger partial charge in [-0.2, -0.15) is 0 Å². The lowest BCUT2D eigenvalue weighted by atomic mass is 10.0. The standard InChI is InChI=1S/C19H29NO9S/c1-6-7-8-9-14(25)20-15-16(26-10(2)21)17(27-11(3)22)19(29-13(5)24)30-18(15)28-12(4)23/h15-19H,6-9H2,1-5H3,(H,20,25)/t15-,16-,17+,18?,19+/m1/s1. The molecule has 0 bridgehead atoms. The van der Waals surface area contributed by atoms with Crippen LogP contribution in [0.4, 0.5) is 0 Å². The van der Waals surface area contributed by atoms with Gasteiger partial charge in [0, 0.05) is 34.1 Å². The van der Waals surface area contributed by atoms with E-state index < -0.39 is 53.0 Å². The molecule has 0 aromatic rings. The zero-order valence-corrected chi connectivity index (χ0v) is 18.6. The van der Waals surface area contributed by atoms with Crippen LogP contribution in [0.2, 0.25) is 0 Å². The number of hydrogen-bond donors (Lipinski definition) is 1. The van der Waals surface area contributed by atoms with E-state index in [4.69, 9.17) is 18.9 Å². The minimum Gasteiger partial charge on any atom is -0.456 e. The summed E-state index contributed by atoms with van der Waals surface area (Å²) >= 11 is 0.878. The highest BCUT2D eigenvalue weighted by Gasteiger charge is 2.53. The molecule has 0 aromatic carbocycles. The molecule has 0 aliphatic carbocycles. The Morgan fingerprint density at radius 3 is 1.73 bits per heavy atom. The van der Waals surface area contributed by atoms with Crippen LogP contribution in [0.1, 0.15) is 60.3 Å². The van der Waals surface area contributed by atoms with Gasteiger partial charge in [0.2, 0.25) is 5.91 Å². The summed E-state index contributed by atoms with van der Waals surface area (Å²) in [6.07, 6.45) is 0.210. The van der Waals surface area contributed by atoms with E-state index in [9.17, 15) is 24.0 Å². The first-order chi connectivity index (χ1) is 14.0. The van der Waals surface area contributed by atoms with Crippen LogP contribution in [0.15, 0.2) is 0 Å². The van der Waals surface area contributed by atoms with E-state index in [0.717, 1.165) is 45.4 Å². The summed E-state index contributed by atoms with van der Waals surface area (Å²) in [5, 5.41) is 2.72. The van der Waals surface area contributed by atoms with E-state index in [1.807, 2.05) is 6.92 Å². The number of esters is 4. The lowest BCUT2D eigenvalue weighted by Gasteiger charge is -2.43. The topological polar surface area (TPSA) is 134 Å². The molecule has 5 atom stereocenters. The maximum atomic E-state index is 12.4. The molecule has 0 aromatic heterocycles. The Kier molecular flexibility index (Phi) is 10.6. The Hall–Kier alpha value is -2.30. The van der Waals surface area contributed by atoms with Gasteiger partial charge in [0.15, 0.2) is 23.1 Å². The van der Waals surface area contributed by atoms with Crippen molar-refractivity contribution in [3.63, 3.8) is 0 Å². The maximum absolute atomic E-state index is 12.4. The first-order valence-corrected chi connectivity index (χ1v) is 10.6. The van der Waals surface area contributed by atoms with Gasteiger partial charge in [-0.05, 0) is 6.42 Å². The number of carbonyl (C=O) groups excluding carboxylic acids is 5. The van der Waals surface area contributed by atoms with Crippen molar-refractivity contribution in [1.82, 2.24) is 5.32 Å². The van der Waals surface area contributed by atoms with Crippen molar-refractivity contribution in [3.05, 3.63) is 0 Å². The average Bonchev–Trinajstić information content (AvgIpc) is 2.59. The van der Waals surface area contributed by atoms with Gasteiger partial charge >= 0.3 is 23.9 Å². The smallest absolute Gasteiger partial charge is 0.303 e. The number of hydrogen-bond acceptors (Lipinski definition) is 10. The Morgan fingerprint density at radius 1 is 0.733 bits per heavy atom. The molecule has 0 saturated carbocycles. The van der Waals surface area contributed by atoms with Crippen molar-refractivity contribution >= 4 is 41.5 Å². The highest BCUT2D eigenvalue weighted by molar-refractivity contribution is 8.00. The maximum Gasteiger partial charge on any atom is 0.303 e. The van der Waals surface area contributed by atoms with Gasteiger partial charge in [0.25, 0.3) is 0 Å². The summed E-state index contributed by atoms with van der Waals surface area (Å²) in [4.78, 5) is 59.0. The number of rotatable bonds is 9. The Morgan fingerprint density at radius 2 is 1.23 bits per heavy atom. The van der Waals surface area contributed by atoms with E-state index in [1.165, 1.54) is 6.92 Å². The fraction of sp³-hybridized carbons (Fsp3) is 0.737. The predicted molar refractivity (Wildman–Crippen MR) is 106 cm³/mol. The number of nitrogens with one attached hydrogen (secondary N) is 1. The molecule has 1 N–H and O–H groups in total. The highest BCUT2D eigenvalue weighted by atomic mass is 32.2. The first-order valence-electron chi connectivity index (χ1n) is 9.68. The van der Waals surface area contributed by atoms with E-state index >= 15 is 0 Å². The Bertz CT molecular complexity index is 654. The van der Waals surface area contributed by atoms with Crippen molar-refractivity contribution in [2.45, 2.75) is 89.4 Å². The van der Waals surface area contributed by atoms with E-state index in [2.05, 4.69) is 5.32 Å². The minimum absolute atomic E-state index is 0.222. The summed E-state index contributed by atoms with van der Waals surface area (Å²) in [5.41, 5.74) is -2.16. The first kappa shape index (κ1) is 25.7. The molecule has 1 aliphatic heterocycles. The number of amides is 1. The molecular weight excluding hydrogens is 418 g/mol. The van der Waals surface area contributed by atoms with Crippen LogP contribution in [-0.2, 0) is 42.9 Å². The summed E-state index contributed by atoms with van der Waals surface area (Å²) in [6.45, 7) is 6.64. The third kappa shape index (κ3) is 8.60. The van der Waals surface area contributed by atoms with Crippen LogP contribution >= 0.6 is 11.8 Å². The summed E-state index contributed by atoms with van der Waals surface area (Å²) in [5.74, 6) is -3.07.